The van der Waals surface area contributed by atoms with Gasteiger partial charge in [0.25, 0.3) is 0 Å². The Morgan fingerprint density at radius 1 is 1.22 bits per heavy atom. The van der Waals surface area contributed by atoms with E-state index in [2.05, 4.69) is 5.32 Å². The molecule has 0 saturated heterocycles. The van der Waals surface area contributed by atoms with E-state index in [0.29, 0.717) is 12.6 Å². The van der Waals surface area contributed by atoms with Crippen LogP contribution < -0.4 is 11.1 Å². The third-order valence-corrected chi connectivity index (χ3v) is 3.22. The molecule has 0 spiro atoms. The lowest BCUT2D eigenvalue weighted by atomic mass is 9.98. The summed E-state index contributed by atoms with van der Waals surface area (Å²) in [4.78, 5) is 0. The first-order chi connectivity index (χ1) is 8.50. The fourth-order valence-electron chi connectivity index (χ4n) is 1.88. The predicted molar refractivity (Wildman–Crippen MR) is 64.3 cm³/mol. The number of rotatable bonds is 5. The van der Waals surface area contributed by atoms with Gasteiger partial charge in [-0.25, -0.2) is 0 Å². The van der Waals surface area contributed by atoms with E-state index in [1.165, 1.54) is 25.0 Å². The van der Waals surface area contributed by atoms with Crippen LogP contribution in [0.3, 0.4) is 0 Å². The van der Waals surface area contributed by atoms with Gasteiger partial charge >= 0.3 is 6.18 Å². The predicted octanol–water partition coefficient (Wildman–Crippen LogP) is 2.50. The van der Waals surface area contributed by atoms with Crippen LogP contribution >= 0.6 is 0 Å². The molecule has 0 heterocycles. The van der Waals surface area contributed by atoms with Crippen LogP contribution in [-0.2, 0) is 6.18 Å². The van der Waals surface area contributed by atoms with E-state index in [1.807, 2.05) is 0 Å². The zero-order valence-corrected chi connectivity index (χ0v) is 10.0. The Balaban J connectivity index is 2.01. The van der Waals surface area contributed by atoms with E-state index in [0.717, 1.165) is 24.2 Å². The summed E-state index contributed by atoms with van der Waals surface area (Å²) in [5.74, 6) is 0.0767. The van der Waals surface area contributed by atoms with Crippen molar-refractivity contribution in [2.75, 3.05) is 13.1 Å². The molecule has 1 atom stereocenters. The summed E-state index contributed by atoms with van der Waals surface area (Å²) in [5.41, 5.74) is 5.92. The molecule has 3 N–H and O–H groups in total. The van der Waals surface area contributed by atoms with Gasteiger partial charge in [-0.2, -0.15) is 13.2 Å². The Kier molecular flexibility index (Phi) is 3.92. The van der Waals surface area contributed by atoms with Gasteiger partial charge < -0.3 is 11.1 Å². The summed E-state index contributed by atoms with van der Waals surface area (Å²) in [6, 6.07) is 5.86. The highest BCUT2D eigenvalue weighted by Gasteiger charge is 2.30. The maximum absolute atomic E-state index is 12.4. The van der Waals surface area contributed by atoms with E-state index in [9.17, 15) is 13.2 Å². The van der Waals surface area contributed by atoms with Crippen LogP contribution in [0.4, 0.5) is 13.2 Å². The van der Waals surface area contributed by atoms with Crippen LogP contribution in [0.2, 0.25) is 0 Å². The van der Waals surface area contributed by atoms with Crippen LogP contribution in [-0.4, -0.2) is 19.1 Å². The van der Waals surface area contributed by atoms with Crippen LogP contribution in [0, 0.1) is 0 Å². The van der Waals surface area contributed by atoms with Gasteiger partial charge in [0.15, 0.2) is 0 Å². The molecule has 0 radical (unpaired) electrons. The van der Waals surface area contributed by atoms with Crippen molar-refractivity contribution in [1.82, 2.24) is 5.32 Å². The molecule has 1 aliphatic rings. The number of nitrogens with two attached hydrogens (primary N) is 1. The number of alkyl halides is 3. The Morgan fingerprint density at radius 2 is 1.83 bits per heavy atom. The molecule has 2 rings (SSSR count). The average molecular weight is 258 g/mol. The quantitative estimate of drug-likeness (QED) is 0.851. The lowest BCUT2D eigenvalue weighted by Gasteiger charge is -2.17. The van der Waals surface area contributed by atoms with Crippen molar-refractivity contribution < 1.29 is 13.2 Å². The highest BCUT2D eigenvalue weighted by molar-refractivity contribution is 5.27. The SMILES string of the molecule is NCC(CNC1CC1)c1ccc(C(F)(F)F)cc1. The van der Waals surface area contributed by atoms with Crippen LogP contribution in [0.15, 0.2) is 24.3 Å². The Morgan fingerprint density at radius 3 is 2.28 bits per heavy atom. The second-order valence-corrected chi connectivity index (χ2v) is 4.73. The number of hydrogen-bond donors (Lipinski definition) is 2. The second kappa shape index (κ2) is 5.28. The summed E-state index contributed by atoms with van der Waals surface area (Å²) >= 11 is 0. The van der Waals surface area contributed by atoms with E-state index in [1.54, 1.807) is 0 Å². The lowest BCUT2D eigenvalue weighted by Crippen LogP contribution is -2.28. The number of nitrogens with one attached hydrogen (secondary N) is 1. The van der Waals surface area contributed by atoms with Gasteiger partial charge in [0.1, 0.15) is 0 Å². The van der Waals surface area contributed by atoms with Gasteiger partial charge in [-0.05, 0) is 30.5 Å². The minimum atomic E-state index is -4.27. The number of halogens is 3. The minimum Gasteiger partial charge on any atom is -0.330 e. The minimum absolute atomic E-state index is 0.0767. The molecule has 0 bridgehead atoms. The van der Waals surface area contributed by atoms with Crippen LogP contribution in [0.5, 0.6) is 0 Å². The maximum Gasteiger partial charge on any atom is 0.416 e. The third kappa shape index (κ3) is 3.46. The molecule has 100 valence electrons. The molecule has 0 amide bonds. The zero-order valence-electron chi connectivity index (χ0n) is 10.0. The highest BCUT2D eigenvalue weighted by atomic mass is 19.4. The van der Waals surface area contributed by atoms with E-state index in [-0.39, 0.29) is 5.92 Å². The smallest absolute Gasteiger partial charge is 0.330 e. The van der Waals surface area contributed by atoms with Crippen molar-refractivity contribution in [1.29, 1.82) is 0 Å². The maximum atomic E-state index is 12.4. The van der Waals surface area contributed by atoms with Crippen molar-refractivity contribution in [3.05, 3.63) is 35.4 Å². The molecule has 2 nitrogen and oxygen atoms in total. The molecule has 0 aromatic heterocycles. The highest BCUT2D eigenvalue weighted by Crippen LogP contribution is 2.30. The molecule has 1 aromatic carbocycles. The van der Waals surface area contributed by atoms with Gasteiger partial charge in [-0.15, -0.1) is 0 Å². The van der Waals surface area contributed by atoms with Gasteiger partial charge in [-0.1, -0.05) is 12.1 Å². The molecule has 1 unspecified atom stereocenters. The zero-order chi connectivity index (χ0) is 13.2. The first-order valence-corrected chi connectivity index (χ1v) is 6.11. The van der Waals surface area contributed by atoms with Crippen molar-refractivity contribution in [2.45, 2.75) is 31.0 Å². The van der Waals surface area contributed by atoms with E-state index in [4.69, 9.17) is 5.73 Å². The topological polar surface area (TPSA) is 38.0 Å². The fourth-order valence-corrected chi connectivity index (χ4v) is 1.88. The van der Waals surface area contributed by atoms with Gasteiger partial charge in [0.05, 0.1) is 5.56 Å². The summed E-state index contributed by atoms with van der Waals surface area (Å²) in [5, 5.41) is 3.35. The molecule has 1 fully saturated rings. The second-order valence-electron chi connectivity index (χ2n) is 4.73. The Bertz CT molecular complexity index is 382. The normalized spacial score (nSPS) is 17.8. The first kappa shape index (κ1) is 13.4. The van der Waals surface area contributed by atoms with Crippen molar-refractivity contribution >= 4 is 0 Å². The van der Waals surface area contributed by atoms with E-state index < -0.39 is 11.7 Å². The first-order valence-electron chi connectivity index (χ1n) is 6.11. The monoisotopic (exact) mass is 258 g/mol. The lowest BCUT2D eigenvalue weighted by molar-refractivity contribution is -0.137. The fraction of sp³-hybridized carbons (Fsp3) is 0.538. The molecule has 1 saturated carbocycles. The van der Waals surface area contributed by atoms with Crippen LogP contribution in [0.1, 0.15) is 29.9 Å². The van der Waals surface area contributed by atoms with Gasteiger partial charge in [-0.3, -0.25) is 0 Å². The summed E-state index contributed by atoms with van der Waals surface area (Å²) in [6.07, 6.45) is -1.91. The van der Waals surface area contributed by atoms with Crippen molar-refractivity contribution in [3.8, 4) is 0 Å². The summed E-state index contributed by atoms with van der Waals surface area (Å²) < 4.78 is 37.3. The standard InChI is InChI=1S/C13H17F3N2/c14-13(15,16)11-3-1-9(2-4-11)10(7-17)8-18-12-5-6-12/h1-4,10,12,18H,5-8,17H2. The van der Waals surface area contributed by atoms with Crippen molar-refractivity contribution in [3.63, 3.8) is 0 Å². The molecule has 5 heteroatoms. The molecule has 18 heavy (non-hydrogen) atoms. The number of benzene rings is 1. The average Bonchev–Trinajstić information content (AvgIpc) is 3.13. The van der Waals surface area contributed by atoms with Crippen molar-refractivity contribution in [2.24, 2.45) is 5.73 Å². The number of hydrogen-bond acceptors (Lipinski definition) is 2. The molecule has 1 aromatic rings. The van der Waals surface area contributed by atoms with Gasteiger partial charge in [0, 0.05) is 25.0 Å². The Hall–Kier alpha value is -1.07. The van der Waals surface area contributed by atoms with E-state index >= 15 is 0 Å². The summed E-state index contributed by atoms with van der Waals surface area (Å²) in [6.45, 7) is 1.16. The van der Waals surface area contributed by atoms with Crippen LogP contribution in [0.25, 0.3) is 0 Å². The molecule has 1 aliphatic carbocycles. The molecule has 0 aliphatic heterocycles. The Labute approximate surface area is 104 Å². The third-order valence-electron chi connectivity index (χ3n) is 3.22. The summed E-state index contributed by atoms with van der Waals surface area (Å²) in [7, 11) is 0. The van der Waals surface area contributed by atoms with Gasteiger partial charge in [0.2, 0.25) is 0 Å². The molecular formula is C13H17F3N2. The molecular weight excluding hydrogens is 241 g/mol. The largest absolute Gasteiger partial charge is 0.416 e.